The van der Waals surface area contributed by atoms with E-state index >= 15 is 0 Å². The number of piperazine rings is 1. The predicted molar refractivity (Wildman–Crippen MR) is 63.9 cm³/mol. The Labute approximate surface area is 113 Å². The first-order valence-corrected chi connectivity index (χ1v) is 6.33. The maximum Gasteiger partial charge on any atom is 0.328 e. The molecule has 1 unspecified atom stereocenters. The smallest absolute Gasteiger partial charge is 0.328 e. The van der Waals surface area contributed by atoms with Crippen LogP contribution in [0, 0.1) is 0 Å². The third-order valence-corrected chi connectivity index (χ3v) is 3.46. The second-order valence-electron chi connectivity index (χ2n) is 4.98. The van der Waals surface area contributed by atoms with E-state index in [1.165, 1.54) is 6.07 Å². The van der Waals surface area contributed by atoms with Gasteiger partial charge in [0.15, 0.2) is 5.69 Å². The van der Waals surface area contributed by atoms with E-state index in [9.17, 15) is 14.4 Å². The highest BCUT2D eigenvalue weighted by Gasteiger charge is 2.37. The van der Waals surface area contributed by atoms with Gasteiger partial charge >= 0.3 is 5.97 Å². The van der Waals surface area contributed by atoms with Crippen LogP contribution in [0.4, 0.5) is 0 Å². The summed E-state index contributed by atoms with van der Waals surface area (Å²) in [5, 5.41) is 15.2. The summed E-state index contributed by atoms with van der Waals surface area (Å²) in [6.07, 6.45) is 2.01. The fourth-order valence-electron chi connectivity index (χ4n) is 2.17. The summed E-state index contributed by atoms with van der Waals surface area (Å²) in [5.74, 6) is -1.19. The van der Waals surface area contributed by atoms with Crippen LogP contribution in [0.25, 0.3) is 0 Å². The zero-order chi connectivity index (χ0) is 14.3. The Morgan fingerprint density at radius 3 is 2.85 bits per heavy atom. The van der Waals surface area contributed by atoms with Crippen molar-refractivity contribution in [3.8, 4) is 0 Å². The molecule has 2 amide bonds. The van der Waals surface area contributed by atoms with Gasteiger partial charge in [-0.3, -0.25) is 9.59 Å². The Bertz CT molecular complexity index is 577. The lowest BCUT2D eigenvalue weighted by Gasteiger charge is -2.31. The Kier molecular flexibility index (Phi) is 2.92. The number of carbonyl (C=O) groups is 3. The summed E-state index contributed by atoms with van der Waals surface area (Å²) >= 11 is 0. The molecule has 1 atom stereocenters. The van der Waals surface area contributed by atoms with Crippen LogP contribution < -0.4 is 5.32 Å². The molecule has 1 aromatic heterocycles. The third-order valence-electron chi connectivity index (χ3n) is 3.46. The van der Waals surface area contributed by atoms with Crippen LogP contribution in [0.15, 0.2) is 10.6 Å². The standard InChI is InChI=1S/C12H13N3O5/c16-10-5-15(8(4-13-10)12(18)19)11(17)7-3-9(20-14-7)6-1-2-6/h3,6,8H,1-2,4-5H2,(H,13,16)(H,18,19). The summed E-state index contributed by atoms with van der Waals surface area (Å²) in [6, 6.07) is 0.451. The summed E-state index contributed by atoms with van der Waals surface area (Å²) in [5.41, 5.74) is 0.0489. The van der Waals surface area contributed by atoms with E-state index in [1.54, 1.807) is 0 Å². The van der Waals surface area contributed by atoms with Crippen molar-refractivity contribution in [3.63, 3.8) is 0 Å². The average Bonchev–Trinajstić information content (AvgIpc) is 3.15. The molecule has 2 aliphatic rings. The van der Waals surface area contributed by atoms with E-state index < -0.39 is 17.9 Å². The summed E-state index contributed by atoms with van der Waals surface area (Å²) in [7, 11) is 0. The quantitative estimate of drug-likeness (QED) is 0.776. The number of hydrogen-bond acceptors (Lipinski definition) is 5. The highest BCUT2D eigenvalue weighted by atomic mass is 16.5. The lowest BCUT2D eigenvalue weighted by molar-refractivity contribution is -0.144. The van der Waals surface area contributed by atoms with Crippen LogP contribution >= 0.6 is 0 Å². The fraction of sp³-hybridized carbons (Fsp3) is 0.500. The number of amides is 2. The van der Waals surface area contributed by atoms with Crippen molar-refractivity contribution < 1.29 is 24.0 Å². The second-order valence-corrected chi connectivity index (χ2v) is 4.98. The monoisotopic (exact) mass is 279 g/mol. The van der Waals surface area contributed by atoms with E-state index in [-0.39, 0.29) is 24.7 Å². The topological polar surface area (TPSA) is 113 Å². The Balaban J connectivity index is 1.81. The third kappa shape index (κ3) is 2.24. The lowest BCUT2D eigenvalue weighted by atomic mass is 10.1. The van der Waals surface area contributed by atoms with Gasteiger partial charge in [-0.1, -0.05) is 5.16 Å². The number of nitrogens with one attached hydrogen (secondary N) is 1. The first kappa shape index (κ1) is 12.6. The van der Waals surface area contributed by atoms with Crippen molar-refractivity contribution in [1.82, 2.24) is 15.4 Å². The van der Waals surface area contributed by atoms with Gasteiger partial charge in [0.05, 0.1) is 0 Å². The molecule has 0 radical (unpaired) electrons. The van der Waals surface area contributed by atoms with Gasteiger partial charge in [0.1, 0.15) is 18.3 Å². The normalized spacial score (nSPS) is 22.5. The van der Waals surface area contributed by atoms with Gasteiger partial charge in [-0.2, -0.15) is 0 Å². The molecule has 20 heavy (non-hydrogen) atoms. The molecule has 2 heterocycles. The van der Waals surface area contributed by atoms with Crippen molar-refractivity contribution in [2.45, 2.75) is 24.8 Å². The average molecular weight is 279 g/mol. The number of rotatable bonds is 3. The van der Waals surface area contributed by atoms with E-state index in [4.69, 9.17) is 9.63 Å². The molecule has 1 aliphatic carbocycles. The number of hydrogen-bond donors (Lipinski definition) is 2. The minimum atomic E-state index is -1.16. The molecule has 0 aromatic carbocycles. The van der Waals surface area contributed by atoms with Crippen molar-refractivity contribution in [2.24, 2.45) is 0 Å². The molecule has 8 nitrogen and oxygen atoms in total. The lowest BCUT2D eigenvalue weighted by Crippen LogP contribution is -2.59. The maximum absolute atomic E-state index is 12.3. The Morgan fingerprint density at radius 1 is 1.45 bits per heavy atom. The molecule has 3 rings (SSSR count). The molecule has 2 N–H and O–H groups in total. The van der Waals surface area contributed by atoms with Crippen LogP contribution in [-0.4, -0.2) is 52.1 Å². The number of carboxylic acids is 1. The largest absolute Gasteiger partial charge is 0.480 e. The zero-order valence-electron chi connectivity index (χ0n) is 10.5. The molecule has 1 aromatic rings. The molecule has 0 spiro atoms. The molecule has 1 saturated carbocycles. The molecular weight excluding hydrogens is 266 g/mol. The number of carbonyl (C=O) groups excluding carboxylic acids is 2. The highest BCUT2D eigenvalue weighted by Crippen LogP contribution is 2.40. The number of carboxylic acid groups (broad SMARTS) is 1. The zero-order valence-corrected chi connectivity index (χ0v) is 10.5. The van der Waals surface area contributed by atoms with Gasteiger partial charge in [-0.15, -0.1) is 0 Å². The summed E-state index contributed by atoms with van der Waals surface area (Å²) in [6.45, 7) is -0.394. The highest BCUT2D eigenvalue weighted by molar-refractivity contribution is 5.98. The molecule has 1 aliphatic heterocycles. The van der Waals surface area contributed by atoms with E-state index in [1.807, 2.05) is 0 Å². The Hall–Kier alpha value is -2.38. The van der Waals surface area contributed by atoms with Gasteiger partial charge < -0.3 is 19.8 Å². The van der Waals surface area contributed by atoms with Crippen LogP contribution in [0.3, 0.4) is 0 Å². The second kappa shape index (κ2) is 4.62. The number of nitrogens with zero attached hydrogens (tertiary/aromatic N) is 2. The van der Waals surface area contributed by atoms with E-state index in [2.05, 4.69) is 10.5 Å². The van der Waals surface area contributed by atoms with E-state index in [0.717, 1.165) is 17.7 Å². The van der Waals surface area contributed by atoms with Crippen molar-refractivity contribution in [2.75, 3.05) is 13.1 Å². The minimum Gasteiger partial charge on any atom is -0.480 e. The van der Waals surface area contributed by atoms with Gasteiger partial charge in [-0.25, -0.2) is 4.79 Å². The fourth-order valence-corrected chi connectivity index (χ4v) is 2.17. The van der Waals surface area contributed by atoms with Gasteiger partial charge in [0, 0.05) is 18.5 Å². The SMILES string of the molecule is O=C1CN(C(=O)c2cc(C3CC3)on2)C(C(=O)O)CN1. The molecule has 106 valence electrons. The van der Waals surface area contributed by atoms with Gasteiger partial charge in [-0.05, 0) is 12.8 Å². The van der Waals surface area contributed by atoms with E-state index in [0.29, 0.717) is 11.7 Å². The minimum absolute atomic E-state index is 0.0489. The maximum atomic E-state index is 12.3. The summed E-state index contributed by atoms with van der Waals surface area (Å²) < 4.78 is 5.08. The van der Waals surface area contributed by atoms with Crippen LogP contribution in [0.2, 0.25) is 0 Å². The molecule has 8 heteroatoms. The van der Waals surface area contributed by atoms with Gasteiger partial charge in [0.25, 0.3) is 5.91 Å². The molecule has 0 bridgehead atoms. The molecular formula is C12H13N3O5. The van der Waals surface area contributed by atoms with Crippen molar-refractivity contribution >= 4 is 17.8 Å². The number of aliphatic carboxylic acids is 1. The predicted octanol–water partition coefficient (Wildman–Crippen LogP) is -0.423. The first-order valence-electron chi connectivity index (χ1n) is 6.33. The molecule has 2 fully saturated rings. The summed E-state index contributed by atoms with van der Waals surface area (Å²) in [4.78, 5) is 35.8. The first-order chi connectivity index (χ1) is 9.56. The van der Waals surface area contributed by atoms with Crippen LogP contribution in [0.1, 0.15) is 35.0 Å². The van der Waals surface area contributed by atoms with Gasteiger partial charge in [0.2, 0.25) is 5.91 Å². The van der Waals surface area contributed by atoms with Crippen molar-refractivity contribution in [3.05, 3.63) is 17.5 Å². The number of aromatic nitrogens is 1. The Morgan fingerprint density at radius 2 is 2.20 bits per heavy atom. The van der Waals surface area contributed by atoms with Crippen LogP contribution in [-0.2, 0) is 9.59 Å². The van der Waals surface area contributed by atoms with Crippen LogP contribution in [0.5, 0.6) is 0 Å². The molecule has 1 saturated heterocycles. The van der Waals surface area contributed by atoms with Crippen molar-refractivity contribution in [1.29, 1.82) is 0 Å².